The molecule has 0 aliphatic carbocycles. The molecule has 0 radical (unpaired) electrons. The quantitative estimate of drug-likeness (QED) is 0.396. The van der Waals surface area contributed by atoms with E-state index >= 15 is 0 Å². The zero-order chi connectivity index (χ0) is 23.2. The SMILES string of the molecule is CNCCC(Cc1cccc(OC)c1Cl)c1ccccc1.O=C(O)CCc1ccccc1. The molecule has 0 heterocycles. The highest BCUT2D eigenvalue weighted by Crippen LogP contribution is 2.32. The molecule has 0 amide bonds. The van der Waals surface area contributed by atoms with E-state index in [2.05, 4.69) is 41.7 Å². The number of ether oxygens (including phenoxy) is 1. The summed E-state index contributed by atoms with van der Waals surface area (Å²) in [7, 11) is 3.64. The molecule has 1 atom stereocenters. The van der Waals surface area contributed by atoms with E-state index in [9.17, 15) is 4.79 Å². The minimum absolute atomic E-state index is 0.212. The van der Waals surface area contributed by atoms with Crippen LogP contribution >= 0.6 is 11.6 Å². The van der Waals surface area contributed by atoms with Crippen molar-refractivity contribution in [3.8, 4) is 5.75 Å². The molecule has 3 aromatic carbocycles. The van der Waals surface area contributed by atoms with E-state index < -0.39 is 5.97 Å². The number of hydrogen-bond acceptors (Lipinski definition) is 3. The second-order valence-corrected chi connectivity index (χ2v) is 7.89. The first-order chi connectivity index (χ1) is 15.5. The lowest BCUT2D eigenvalue weighted by Crippen LogP contribution is -2.14. The standard InChI is InChI=1S/C18H22ClNO.C9H10O2/c1-20-12-11-15(14-7-4-3-5-8-14)13-16-9-6-10-17(21-2)18(16)19;10-9(11)7-6-8-4-2-1-3-5-8/h3-10,15,20H,11-13H2,1-2H3;1-5H,6-7H2,(H,10,11). The van der Waals surface area contributed by atoms with E-state index in [0.717, 1.165) is 41.3 Å². The Labute approximate surface area is 196 Å². The molecule has 0 saturated heterocycles. The van der Waals surface area contributed by atoms with Gasteiger partial charge >= 0.3 is 5.97 Å². The van der Waals surface area contributed by atoms with Crippen LogP contribution in [0.4, 0.5) is 0 Å². The highest BCUT2D eigenvalue weighted by atomic mass is 35.5. The van der Waals surface area contributed by atoms with Crippen LogP contribution in [0.1, 0.15) is 35.4 Å². The Balaban J connectivity index is 0.000000278. The molecule has 170 valence electrons. The second-order valence-electron chi connectivity index (χ2n) is 7.52. The summed E-state index contributed by atoms with van der Waals surface area (Å²) in [4.78, 5) is 10.2. The third-order valence-corrected chi connectivity index (χ3v) is 5.64. The zero-order valence-corrected chi connectivity index (χ0v) is 19.5. The highest BCUT2D eigenvalue weighted by molar-refractivity contribution is 6.32. The minimum atomic E-state index is -0.742. The van der Waals surface area contributed by atoms with E-state index in [1.807, 2.05) is 49.5 Å². The van der Waals surface area contributed by atoms with Crippen molar-refractivity contribution in [3.05, 3.63) is 101 Å². The fourth-order valence-corrected chi connectivity index (χ4v) is 3.74. The van der Waals surface area contributed by atoms with Gasteiger partial charge in [-0.15, -0.1) is 0 Å². The number of carbonyl (C=O) groups is 1. The molecule has 0 bridgehead atoms. The zero-order valence-electron chi connectivity index (χ0n) is 18.8. The van der Waals surface area contributed by atoms with Crippen LogP contribution in [-0.2, 0) is 17.6 Å². The topological polar surface area (TPSA) is 58.6 Å². The van der Waals surface area contributed by atoms with Gasteiger partial charge in [-0.1, -0.05) is 84.4 Å². The summed E-state index contributed by atoms with van der Waals surface area (Å²) in [6.07, 6.45) is 2.83. The van der Waals surface area contributed by atoms with Gasteiger partial charge in [0.1, 0.15) is 5.75 Å². The number of halogens is 1. The van der Waals surface area contributed by atoms with E-state index in [1.54, 1.807) is 7.11 Å². The van der Waals surface area contributed by atoms with Crippen LogP contribution < -0.4 is 10.1 Å². The van der Waals surface area contributed by atoms with Crippen molar-refractivity contribution < 1.29 is 14.6 Å². The van der Waals surface area contributed by atoms with Crippen LogP contribution in [0, 0.1) is 0 Å². The van der Waals surface area contributed by atoms with Gasteiger partial charge in [0.25, 0.3) is 0 Å². The summed E-state index contributed by atoms with van der Waals surface area (Å²) in [6, 6.07) is 26.2. The van der Waals surface area contributed by atoms with Gasteiger partial charge in [-0.3, -0.25) is 4.79 Å². The van der Waals surface area contributed by atoms with E-state index in [0.29, 0.717) is 12.3 Å². The molecule has 3 rings (SSSR count). The number of carboxylic acid groups (broad SMARTS) is 1. The number of nitrogens with one attached hydrogen (secondary N) is 1. The molecule has 1 unspecified atom stereocenters. The van der Waals surface area contributed by atoms with Gasteiger partial charge < -0.3 is 15.2 Å². The van der Waals surface area contributed by atoms with Crippen molar-refractivity contribution in [1.82, 2.24) is 5.32 Å². The monoisotopic (exact) mass is 453 g/mol. The Morgan fingerprint density at radius 1 is 1.00 bits per heavy atom. The van der Waals surface area contributed by atoms with Crippen LogP contribution in [0.5, 0.6) is 5.75 Å². The highest BCUT2D eigenvalue weighted by Gasteiger charge is 2.15. The molecular weight excluding hydrogens is 422 g/mol. The number of rotatable bonds is 10. The average Bonchev–Trinajstić information content (AvgIpc) is 2.83. The lowest BCUT2D eigenvalue weighted by molar-refractivity contribution is -0.136. The lowest BCUT2D eigenvalue weighted by Gasteiger charge is -2.19. The fourth-order valence-electron chi connectivity index (χ4n) is 3.46. The first-order valence-electron chi connectivity index (χ1n) is 10.8. The maximum Gasteiger partial charge on any atom is 0.303 e. The van der Waals surface area contributed by atoms with Crippen molar-refractivity contribution in [2.24, 2.45) is 0 Å². The Bertz CT molecular complexity index is 932. The largest absolute Gasteiger partial charge is 0.495 e. The van der Waals surface area contributed by atoms with E-state index in [1.165, 1.54) is 5.56 Å². The van der Waals surface area contributed by atoms with Crippen LogP contribution in [0.2, 0.25) is 5.02 Å². The van der Waals surface area contributed by atoms with Gasteiger partial charge in [0.2, 0.25) is 0 Å². The van der Waals surface area contributed by atoms with Crippen LogP contribution in [0.3, 0.4) is 0 Å². The summed E-state index contributed by atoms with van der Waals surface area (Å²) in [5, 5.41) is 12.3. The predicted molar refractivity (Wildman–Crippen MR) is 132 cm³/mol. The predicted octanol–water partition coefficient (Wildman–Crippen LogP) is 5.99. The summed E-state index contributed by atoms with van der Waals surface area (Å²) in [5.41, 5.74) is 3.57. The number of aryl methyl sites for hydroxylation is 1. The summed E-state index contributed by atoms with van der Waals surface area (Å²) in [6.45, 7) is 0.987. The Morgan fingerprint density at radius 2 is 1.66 bits per heavy atom. The van der Waals surface area contributed by atoms with Gasteiger partial charge in [0.05, 0.1) is 12.1 Å². The molecule has 0 spiro atoms. The number of hydrogen-bond donors (Lipinski definition) is 2. The van der Waals surface area contributed by atoms with Crippen molar-refractivity contribution in [2.75, 3.05) is 20.7 Å². The molecule has 0 saturated carbocycles. The second kappa shape index (κ2) is 14.3. The molecule has 32 heavy (non-hydrogen) atoms. The Morgan fingerprint density at radius 3 is 2.25 bits per heavy atom. The molecule has 0 aromatic heterocycles. The average molecular weight is 454 g/mol. The number of carboxylic acids is 1. The van der Waals surface area contributed by atoms with Gasteiger partial charge in [0.15, 0.2) is 0 Å². The molecule has 0 fully saturated rings. The number of methoxy groups -OCH3 is 1. The van der Waals surface area contributed by atoms with Gasteiger partial charge in [-0.2, -0.15) is 0 Å². The molecule has 4 nitrogen and oxygen atoms in total. The van der Waals surface area contributed by atoms with Gasteiger partial charge in [-0.25, -0.2) is 0 Å². The van der Waals surface area contributed by atoms with Crippen LogP contribution in [-0.4, -0.2) is 31.8 Å². The van der Waals surface area contributed by atoms with Gasteiger partial charge in [-0.05, 0) is 61.5 Å². The van der Waals surface area contributed by atoms with Crippen molar-refractivity contribution in [2.45, 2.75) is 31.6 Å². The smallest absolute Gasteiger partial charge is 0.303 e. The molecule has 5 heteroatoms. The molecule has 2 N–H and O–H groups in total. The van der Waals surface area contributed by atoms with Gasteiger partial charge in [0, 0.05) is 6.42 Å². The maximum atomic E-state index is 10.2. The molecular formula is C27H32ClNO3. The number of aliphatic carboxylic acids is 1. The molecule has 0 aliphatic rings. The third-order valence-electron chi connectivity index (χ3n) is 5.21. The first kappa shape index (κ1) is 25.4. The normalized spacial score (nSPS) is 11.2. The van der Waals surface area contributed by atoms with E-state index in [4.69, 9.17) is 21.4 Å². The summed E-state index contributed by atoms with van der Waals surface area (Å²) >= 11 is 6.43. The Kier molecular flexibility index (Phi) is 11.4. The molecule has 0 aliphatic heterocycles. The van der Waals surface area contributed by atoms with Crippen molar-refractivity contribution >= 4 is 17.6 Å². The number of benzene rings is 3. The summed E-state index contributed by atoms with van der Waals surface area (Å²) < 4.78 is 5.31. The van der Waals surface area contributed by atoms with Crippen molar-refractivity contribution in [1.29, 1.82) is 0 Å². The first-order valence-corrected chi connectivity index (χ1v) is 11.2. The lowest BCUT2D eigenvalue weighted by atomic mass is 9.89. The Hall–Kier alpha value is -2.82. The molecule has 3 aromatic rings. The minimum Gasteiger partial charge on any atom is -0.495 e. The maximum absolute atomic E-state index is 10.2. The van der Waals surface area contributed by atoms with Crippen LogP contribution in [0.25, 0.3) is 0 Å². The van der Waals surface area contributed by atoms with E-state index in [-0.39, 0.29) is 6.42 Å². The van der Waals surface area contributed by atoms with Crippen molar-refractivity contribution in [3.63, 3.8) is 0 Å². The third kappa shape index (κ3) is 8.74. The van der Waals surface area contributed by atoms with Crippen LogP contribution in [0.15, 0.2) is 78.9 Å². The fraction of sp³-hybridized carbons (Fsp3) is 0.296. The summed E-state index contributed by atoms with van der Waals surface area (Å²) in [5.74, 6) is 0.451.